The molecule has 0 radical (unpaired) electrons. The maximum Gasteiger partial charge on any atom is 0.179 e. The maximum absolute atomic E-state index is 6.47. The molecule has 162 valence electrons. The fraction of sp³-hybridized carbons (Fsp3) is 0.391. The number of thioether (sulfide) groups is 1. The SMILES string of the molecule is Clc1cc(CSc2nc(CN3CCOCC3)nc3ccccc23)cc2c1OCCCO2. The highest BCUT2D eigenvalue weighted by Crippen LogP contribution is 2.39. The molecule has 5 rings (SSSR count). The summed E-state index contributed by atoms with van der Waals surface area (Å²) in [5, 5.41) is 2.64. The summed E-state index contributed by atoms with van der Waals surface area (Å²) in [5.41, 5.74) is 2.05. The Morgan fingerprint density at radius 2 is 1.84 bits per heavy atom. The van der Waals surface area contributed by atoms with Crippen LogP contribution >= 0.6 is 23.4 Å². The minimum Gasteiger partial charge on any atom is -0.489 e. The highest BCUT2D eigenvalue weighted by molar-refractivity contribution is 7.98. The molecule has 3 aromatic rings. The summed E-state index contributed by atoms with van der Waals surface area (Å²) in [4.78, 5) is 12.1. The van der Waals surface area contributed by atoms with Gasteiger partial charge < -0.3 is 14.2 Å². The normalized spacial score (nSPS) is 16.9. The number of morpholine rings is 1. The van der Waals surface area contributed by atoms with E-state index >= 15 is 0 Å². The maximum atomic E-state index is 6.47. The minimum atomic E-state index is 0.593. The number of aromatic nitrogens is 2. The number of hydrogen-bond donors (Lipinski definition) is 0. The molecule has 0 saturated carbocycles. The van der Waals surface area contributed by atoms with Crippen molar-refractivity contribution in [2.24, 2.45) is 0 Å². The lowest BCUT2D eigenvalue weighted by Gasteiger charge is -2.25. The second kappa shape index (κ2) is 9.61. The van der Waals surface area contributed by atoms with Crippen molar-refractivity contribution in [1.29, 1.82) is 0 Å². The number of rotatable bonds is 5. The Labute approximate surface area is 190 Å². The summed E-state index contributed by atoms with van der Waals surface area (Å²) in [6.45, 7) is 5.35. The van der Waals surface area contributed by atoms with Gasteiger partial charge in [-0.2, -0.15) is 0 Å². The topological polar surface area (TPSA) is 56.7 Å². The van der Waals surface area contributed by atoms with Crippen molar-refractivity contribution >= 4 is 34.3 Å². The molecule has 2 aliphatic heterocycles. The van der Waals surface area contributed by atoms with Crippen molar-refractivity contribution in [3.05, 3.63) is 52.8 Å². The number of fused-ring (bicyclic) bond motifs is 2. The number of para-hydroxylation sites is 1. The van der Waals surface area contributed by atoms with E-state index in [-0.39, 0.29) is 0 Å². The van der Waals surface area contributed by atoms with E-state index in [9.17, 15) is 0 Å². The number of halogens is 1. The summed E-state index contributed by atoms with van der Waals surface area (Å²) in [7, 11) is 0. The fourth-order valence-corrected chi connectivity index (χ4v) is 5.01. The molecule has 6 nitrogen and oxygen atoms in total. The highest BCUT2D eigenvalue weighted by atomic mass is 35.5. The number of hydrogen-bond acceptors (Lipinski definition) is 7. The predicted molar refractivity (Wildman–Crippen MR) is 122 cm³/mol. The van der Waals surface area contributed by atoms with Gasteiger partial charge >= 0.3 is 0 Å². The van der Waals surface area contributed by atoms with Crippen LogP contribution in [0.2, 0.25) is 5.02 Å². The Morgan fingerprint density at radius 3 is 2.74 bits per heavy atom. The first-order valence-electron chi connectivity index (χ1n) is 10.5. The van der Waals surface area contributed by atoms with Crippen molar-refractivity contribution in [2.45, 2.75) is 23.7 Å². The molecule has 1 fully saturated rings. The van der Waals surface area contributed by atoms with Crippen molar-refractivity contribution in [3.63, 3.8) is 0 Å². The van der Waals surface area contributed by atoms with Crippen molar-refractivity contribution in [3.8, 4) is 11.5 Å². The lowest BCUT2D eigenvalue weighted by Crippen LogP contribution is -2.36. The quantitative estimate of drug-likeness (QED) is 0.411. The van der Waals surface area contributed by atoms with Crippen molar-refractivity contribution in [2.75, 3.05) is 39.5 Å². The molecule has 1 aromatic heterocycles. The number of nitrogens with zero attached hydrogens (tertiary/aromatic N) is 3. The second-order valence-corrected chi connectivity index (χ2v) is 8.97. The van der Waals surface area contributed by atoms with Gasteiger partial charge in [0.2, 0.25) is 0 Å². The van der Waals surface area contributed by atoms with Gasteiger partial charge in [0, 0.05) is 30.6 Å². The molecule has 2 aliphatic rings. The summed E-state index contributed by atoms with van der Waals surface area (Å²) in [6, 6.07) is 12.2. The largest absolute Gasteiger partial charge is 0.489 e. The van der Waals surface area contributed by atoms with Crippen LogP contribution in [0.15, 0.2) is 41.4 Å². The third kappa shape index (κ3) is 4.90. The van der Waals surface area contributed by atoms with Crippen LogP contribution in [-0.4, -0.2) is 54.4 Å². The zero-order valence-corrected chi connectivity index (χ0v) is 18.8. The van der Waals surface area contributed by atoms with Gasteiger partial charge in [0.1, 0.15) is 10.9 Å². The van der Waals surface area contributed by atoms with Crippen molar-refractivity contribution < 1.29 is 14.2 Å². The third-order valence-corrected chi connectivity index (χ3v) is 6.66. The Kier molecular flexibility index (Phi) is 6.45. The fourth-order valence-electron chi connectivity index (χ4n) is 3.75. The average Bonchev–Trinajstić information content (AvgIpc) is 3.04. The van der Waals surface area contributed by atoms with Gasteiger partial charge in [-0.3, -0.25) is 4.90 Å². The van der Waals surface area contributed by atoms with E-state index in [0.717, 1.165) is 78.1 Å². The standard InChI is InChI=1S/C23H24ClN3O3S/c24-18-12-16(13-20-22(18)30-9-3-8-29-20)15-31-23-17-4-1-2-5-19(17)25-21(26-23)14-27-6-10-28-11-7-27/h1-2,4-5,12-13H,3,6-11,14-15H2. The number of ether oxygens (including phenoxy) is 3. The molecule has 1 saturated heterocycles. The van der Waals surface area contributed by atoms with E-state index < -0.39 is 0 Å². The second-order valence-electron chi connectivity index (χ2n) is 7.59. The van der Waals surface area contributed by atoms with Gasteiger partial charge in [-0.1, -0.05) is 29.8 Å². The molecular formula is C23H24ClN3O3S. The molecule has 2 aromatic carbocycles. The van der Waals surface area contributed by atoms with Crippen LogP contribution in [0, 0.1) is 0 Å². The molecule has 0 aliphatic carbocycles. The Balaban J connectivity index is 1.39. The van der Waals surface area contributed by atoms with E-state index in [2.05, 4.69) is 11.0 Å². The van der Waals surface area contributed by atoms with Gasteiger partial charge in [-0.25, -0.2) is 9.97 Å². The predicted octanol–water partition coefficient (Wildman–Crippen LogP) is 4.57. The molecule has 0 spiro atoms. The van der Waals surface area contributed by atoms with E-state index in [4.69, 9.17) is 35.8 Å². The first-order chi connectivity index (χ1) is 15.3. The molecular weight excluding hydrogens is 434 g/mol. The van der Waals surface area contributed by atoms with E-state index in [1.807, 2.05) is 30.3 Å². The summed E-state index contributed by atoms with van der Waals surface area (Å²) >= 11 is 8.17. The third-order valence-electron chi connectivity index (χ3n) is 5.32. The van der Waals surface area contributed by atoms with Crippen LogP contribution in [0.25, 0.3) is 10.9 Å². The molecule has 0 unspecified atom stereocenters. The molecule has 0 N–H and O–H groups in total. The first kappa shape index (κ1) is 20.8. The summed E-state index contributed by atoms with van der Waals surface area (Å²) in [5.74, 6) is 2.95. The van der Waals surface area contributed by atoms with Crippen LogP contribution in [0.3, 0.4) is 0 Å². The van der Waals surface area contributed by atoms with Gasteiger partial charge in [-0.15, -0.1) is 11.8 Å². The van der Waals surface area contributed by atoms with Crippen LogP contribution in [0.1, 0.15) is 17.8 Å². The smallest absolute Gasteiger partial charge is 0.179 e. The van der Waals surface area contributed by atoms with Gasteiger partial charge in [-0.05, 0) is 23.8 Å². The van der Waals surface area contributed by atoms with Crippen LogP contribution in [0.5, 0.6) is 11.5 Å². The van der Waals surface area contributed by atoms with Gasteiger partial charge in [0.15, 0.2) is 11.5 Å². The zero-order chi connectivity index (χ0) is 21.0. The Hall–Kier alpha value is -2.06. The lowest BCUT2D eigenvalue weighted by molar-refractivity contribution is 0.0330. The highest BCUT2D eigenvalue weighted by Gasteiger charge is 2.17. The van der Waals surface area contributed by atoms with E-state index in [1.54, 1.807) is 11.8 Å². The van der Waals surface area contributed by atoms with Crippen LogP contribution in [0.4, 0.5) is 0 Å². The molecule has 31 heavy (non-hydrogen) atoms. The van der Waals surface area contributed by atoms with Crippen LogP contribution in [-0.2, 0) is 17.0 Å². The summed E-state index contributed by atoms with van der Waals surface area (Å²) < 4.78 is 17.0. The lowest BCUT2D eigenvalue weighted by atomic mass is 10.2. The van der Waals surface area contributed by atoms with Crippen molar-refractivity contribution in [1.82, 2.24) is 14.9 Å². The summed E-state index contributed by atoms with van der Waals surface area (Å²) in [6.07, 6.45) is 0.855. The molecule has 3 heterocycles. The molecule has 0 atom stereocenters. The van der Waals surface area contributed by atoms with Crippen LogP contribution < -0.4 is 9.47 Å². The minimum absolute atomic E-state index is 0.593. The van der Waals surface area contributed by atoms with E-state index in [1.165, 1.54) is 0 Å². The first-order valence-corrected chi connectivity index (χ1v) is 11.9. The Bertz CT molecular complexity index is 1080. The van der Waals surface area contributed by atoms with E-state index in [0.29, 0.717) is 24.0 Å². The number of benzene rings is 2. The zero-order valence-electron chi connectivity index (χ0n) is 17.2. The molecule has 0 amide bonds. The molecule has 0 bridgehead atoms. The molecule has 8 heteroatoms. The Morgan fingerprint density at radius 1 is 1.00 bits per heavy atom. The van der Waals surface area contributed by atoms with Gasteiger partial charge in [0.05, 0.1) is 43.5 Å². The monoisotopic (exact) mass is 457 g/mol. The van der Waals surface area contributed by atoms with Gasteiger partial charge in [0.25, 0.3) is 0 Å². The average molecular weight is 458 g/mol.